The van der Waals surface area contributed by atoms with E-state index in [9.17, 15) is 9.59 Å². The highest BCUT2D eigenvalue weighted by atomic mass is 32.1. The van der Waals surface area contributed by atoms with E-state index >= 15 is 0 Å². The largest absolute Gasteiger partial charge is 0.496 e. The highest BCUT2D eigenvalue weighted by Gasteiger charge is 2.18. The van der Waals surface area contributed by atoms with Crippen molar-refractivity contribution in [2.45, 2.75) is 39.7 Å². The minimum absolute atomic E-state index is 0.0823. The van der Waals surface area contributed by atoms with Crippen molar-refractivity contribution in [2.24, 2.45) is 5.73 Å². The second-order valence-corrected chi connectivity index (χ2v) is 7.30. The lowest BCUT2D eigenvalue weighted by Crippen LogP contribution is -2.25. The average molecular weight is 385 g/mol. The van der Waals surface area contributed by atoms with Gasteiger partial charge in [-0.2, -0.15) is 0 Å². The molecule has 0 spiro atoms. The summed E-state index contributed by atoms with van der Waals surface area (Å²) in [5.74, 6) is 1.08. The second-order valence-electron chi connectivity index (χ2n) is 6.44. The molecule has 142 valence electrons. The SMILES string of the molecule is CCc1nc2scc(-c3cc(C)ccc3OC)c2c(=O)n1CCCC(N)=O. The Balaban J connectivity index is 2.19. The third-order valence-corrected chi connectivity index (χ3v) is 5.41. The molecule has 0 aliphatic heterocycles. The molecule has 3 aromatic rings. The van der Waals surface area contributed by atoms with Gasteiger partial charge in [0.1, 0.15) is 16.4 Å². The summed E-state index contributed by atoms with van der Waals surface area (Å²) < 4.78 is 7.17. The summed E-state index contributed by atoms with van der Waals surface area (Å²) in [5.41, 5.74) is 7.95. The Morgan fingerprint density at radius 2 is 2.11 bits per heavy atom. The van der Waals surface area contributed by atoms with Crippen molar-refractivity contribution in [3.05, 3.63) is 45.3 Å². The van der Waals surface area contributed by atoms with Gasteiger partial charge in [-0.25, -0.2) is 4.98 Å². The Morgan fingerprint density at radius 3 is 2.78 bits per heavy atom. The van der Waals surface area contributed by atoms with Gasteiger partial charge in [-0.05, 0) is 25.5 Å². The number of ether oxygens (including phenoxy) is 1. The first-order valence-electron chi connectivity index (χ1n) is 8.90. The molecule has 2 N–H and O–H groups in total. The molecule has 3 rings (SSSR count). The lowest BCUT2D eigenvalue weighted by molar-refractivity contribution is -0.118. The quantitative estimate of drug-likeness (QED) is 0.676. The van der Waals surface area contributed by atoms with Gasteiger partial charge in [0.05, 0.1) is 12.5 Å². The van der Waals surface area contributed by atoms with E-state index in [2.05, 4.69) is 0 Å². The van der Waals surface area contributed by atoms with Crippen molar-refractivity contribution in [1.82, 2.24) is 9.55 Å². The minimum atomic E-state index is -0.365. The van der Waals surface area contributed by atoms with Gasteiger partial charge in [-0.15, -0.1) is 11.3 Å². The fourth-order valence-corrected chi connectivity index (χ4v) is 4.16. The van der Waals surface area contributed by atoms with E-state index in [4.69, 9.17) is 15.5 Å². The van der Waals surface area contributed by atoms with Crippen LogP contribution in [0.4, 0.5) is 0 Å². The summed E-state index contributed by atoms with van der Waals surface area (Å²) in [5, 5.41) is 2.56. The number of amides is 1. The maximum atomic E-state index is 13.3. The number of fused-ring (bicyclic) bond motifs is 1. The Kier molecular flexibility index (Phi) is 5.60. The molecule has 0 fully saturated rings. The number of carbonyl (C=O) groups is 1. The summed E-state index contributed by atoms with van der Waals surface area (Å²) in [6.45, 7) is 4.40. The van der Waals surface area contributed by atoms with Gasteiger partial charge < -0.3 is 10.5 Å². The van der Waals surface area contributed by atoms with Gasteiger partial charge in [-0.3, -0.25) is 14.2 Å². The van der Waals surface area contributed by atoms with E-state index in [0.717, 1.165) is 33.1 Å². The summed E-state index contributed by atoms with van der Waals surface area (Å²) in [6, 6.07) is 5.91. The summed E-state index contributed by atoms with van der Waals surface area (Å²) in [6.07, 6.45) is 1.40. The zero-order chi connectivity index (χ0) is 19.6. The molecular formula is C20H23N3O3S. The molecule has 0 saturated carbocycles. The van der Waals surface area contributed by atoms with Crippen LogP contribution in [0.1, 0.15) is 31.2 Å². The molecule has 7 heteroatoms. The number of hydrogen-bond acceptors (Lipinski definition) is 5. The number of carbonyl (C=O) groups excluding carboxylic acids is 1. The molecule has 0 aliphatic rings. The van der Waals surface area contributed by atoms with Crippen molar-refractivity contribution in [1.29, 1.82) is 0 Å². The number of benzene rings is 1. The number of thiophene rings is 1. The van der Waals surface area contributed by atoms with Crippen LogP contribution in [-0.2, 0) is 17.8 Å². The molecule has 0 atom stereocenters. The number of rotatable bonds is 7. The number of nitrogens with two attached hydrogens (primary N) is 1. The fourth-order valence-electron chi connectivity index (χ4n) is 3.21. The molecule has 0 radical (unpaired) electrons. The number of aryl methyl sites for hydroxylation is 2. The van der Waals surface area contributed by atoms with E-state index < -0.39 is 0 Å². The number of aromatic nitrogens is 2. The van der Waals surface area contributed by atoms with Gasteiger partial charge in [-0.1, -0.05) is 18.6 Å². The number of primary amides is 1. The Morgan fingerprint density at radius 1 is 1.33 bits per heavy atom. The van der Waals surface area contributed by atoms with E-state index in [1.54, 1.807) is 11.7 Å². The van der Waals surface area contributed by atoms with Crippen molar-refractivity contribution < 1.29 is 9.53 Å². The third kappa shape index (κ3) is 3.73. The van der Waals surface area contributed by atoms with Crippen LogP contribution < -0.4 is 16.0 Å². The topological polar surface area (TPSA) is 87.2 Å². The molecule has 27 heavy (non-hydrogen) atoms. The standard InChI is InChI=1S/C20H23N3O3S/c1-4-17-22-19-18(20(25)23(17)9-5-6-16(21)24)14(11-27-19)13-10-12(2)7-8-15(13)26-3/h7-8,10-11H,4-6,9H2,1-3H3,(H2,21,24). The van der Waals surface area contributed by atoms with Gasteiger partial charge in [0.15, 0.2) is 0 Å². The Hall–Kier alpha value is -2.67. The molecule has 2 heterocycles. The number of nitrogens with zero attached hydrogens (tertiary/aromatic N) is 2. The van der Waals surface area contributed by atoms with Crippen LogP contribution >= 0.6 is 11.3 Å². The van der Waals surface area contributed by atoms with Crippen molar-refractivity contribution in [3.63, 3.8) is 0 Å². The zero-order valence-electron chi connectivity index (χ0n) is 15.7. The van der Waals surface area contributed by atoms with Crippen molar-refractivity contribution in [2.75, 3.05) is 7.11 Å². The number of methoxy groups -OCH3 is 1. The predicted octanol–water partition coefficient (Wildman–Crippen LogP) is 3.27. The fraction of sp³-hybridized carbons (Fsp3) is 0.350. The van der Waals surface area contributed by atoms with Crippen molar-refractivity contribution >= 4 is 27.5 Å². The maximum Gasteiger partial charge on any atom is 0.262 e. The highest BCUT2D eigenvalue weighted by molar-refractivity contribution is 7.17. The highest BCUT2D eigenvalue weighted by Crippen LogP contribution is 2.37. The first-order valence-corrected chi connectivity index (χ1v) is 9.78. The normalized spacial score (nSPS) is 11.1. The van der Waals surface area contributed by atoms with Crippen LogP contribution in [0.15, 0.2) is 28.4 Å². The van der Waals surface area contributed by atoms with Gasteiger partial charge in [0.2, 0.25) is 5.91 Å². The Labute approximate surface area is 161 Å². The molecule has 2 aromatic heterocycles. The monoisotopic (exact) mass is 385 g/mol. The molecule has 1 aromatic carbocycles. The molecule has 0 unspecified atom stereocenters. The van der Waals surface area contributed by atoms with Crippen LogP contribution in [0.2, 0.25) is 0 Å². The van der Waals surface area contributed by atoms with E-state index in [1.807, 2.05) is 37.4 Å². The molecule has 6 nitrogen and oxygen atoms in total. The first-order chi connectivity index (χ1) is 13.0. The van der Waals surface area contributed by atoms with Crippen LogP contribution in [0.3, 0.4) is 0 Å². The summed E-state index contributed by atoms with van der Waals surface area (Å²) in [4.78, 5) is 29.8. The summed E-state index contributed by atoms with van der Waals surface area (Å²) in [7, 11) is 1.62. The zero-order valence-corrected chi connectivity index (χ0v) is 16.6. The van der Waals surface area contributed by atoms with Crippen LogP contribution in [0, 0.1) is 6.92 Å². The number of hydrogen-bond donors (Lipinski definition) is 1. The predicted molar refractivity (Wildman–Crippen MR) is 108 cm³/mol. The lowest BCUT2D eigenvalue weighted by atomic mass is 10.0. The second kappa shape index (κ2) is 7.92. The van der Waals surface area contributed by atoms with Crippen LogP contribution in [-0.4, -0.2) is 22.6 Å². The van der Waals surface area contributed by atoms with E-state index in [1.165, 1.54) is 11.3 Å². The molecule has 0 bridgehead atoms. The smallest absolute Gasteiger partial charge is 0.262 e. The average Bonchev–Trinajstić information content (AvgIpc) is 3.07. The minimum Gasteiger partial charge on any atom is -0.496 e. The Bertz CT molecular complexity index is 1050. The van der Waals surface area contributed by atoms with Gasteiger partial charge in [0.25, 0.3) is 5.56 Å². The molecular weight excluding hydrogens is 362 g/mol. The van der Waals surface area contributed by atoms with Crippen molar-refractivity contribution in [3.8, 4) is 16.9 Å². The van der Waals surface area contributed by atoms with Crippen LogP contribution in [0.5, 0.6) is 5.75 Å². The maximum absolute atomic E-state index is 13.3. The van der Waals surface area contributed by atoms with E-state index in [0.29, 0.717) is 24.8 Å². The van der Waals surface area contributed by atoms with Crippen LogP contribution in [0.25, 0.3) is 21.3 Å². The summed E-state index contributed by atoms with van der Waals surface area (Å²) >= 11 is 1.46. The molecule has 0 aliphatic carbocycles. The third-order valence-electron chi connectivity index (χ3n) is 4.54. The lowest BCUT2D eigenvalue weighted by Gasteiger charge is -2.12. The molecule has 1 amide bonds. The first kappa shape index (κ1) is 19.1. The molecule has 0 saturated heterocycles. The van der Waals surface area contributed by atoms with Gasteiger partial charge in [0, 0.05) is 35.9 Å². The van der Waals surface area contributed by atoms with Gasteiger partial charge >= 0.3 is 0 Å². The van der Waals surface area contributed by atoms with E-state index in [-0.39, 0.29) is 17.9 Å².